The Morgan fingerprint density at radius 3 is 0.776 bits per heavy atom. The van der Waals surface area contributed by atoms with E-state index in [1.807, 2.05) is 0 Å². The lowest BCUT2D eigenvalue weighted by Crippen LogP contribution is -2.13. The average Bonchev–Trinajstić information content (AvgIpc) is 4.01. The molecule has 7 nitrogen and oxygen atoms in total. The van der Waals surface area contributed by atoms with Crippen LogP contribution in [0.25, 0.3) is 111 Å². The summed E-state index contributed by atoms with van der Waals surface area (Å²) in [7, 11) is 0. The van der Waals surface area contributed by atoms with Crippen molar-refractivity contribution in [2.45, 2.75) is 0 Å². The summed E-state index contributed by atoms with van der Waals surface area (Å²) in [6, 6.07) is 66.6. The maximum atomic E-state index is 5.43. The van der Waals surface area contributed by atoms with Gasteiger partial charge in [0.05, 0.1) is 44.1 Å². The Morgan fingerprint density at radius 2 is 0.466 bits per heavy atom. The van der Waals surface area contributed by atoms with E-state index in [9.17, 15) is 0 Å². The van der Waals surface area contributed by atoms with Gasteiger partial charge in [-0.2, -0.15) is 15.0 Å². The highest BCUT2D eigenvalue weighted by molar-refractivity contribution is 6.13. The van der Waals surface area contributed by atoms with Crippen LogP contribution in [0.2, 0.25) is 0 Å². The second-order valence-electron chi connectivity index (χ2n) is 14.9. The molecule has 0 bridgehead atoms. The van der Waals surface area contributed by atoms with Gasteiger partial charge in [0.2, 0.25) is 17.8 Å². The van der Waals surface area contributed by atoms with Crippen molar-refractivity contribution in [3.8, 4) is 23.5 Å². The highest BCUT2D eigenvalue weighted by Gasteiger charge is 2.23. The molecule has 7 heteroatoms. The SMILES string of the molecule is c1ccc2c(c1)c1ccccc1n2-c1ccc2c(c1)c1ccccc1n2-c1nc(-n2c3ccccc3c3ccccc32)nc(-n2c3ccccc3c3ccccc32)n1. The molecule has 0 aliphatic rings. The third kappa shape index (κ3) is 4.24. The maximum Gasteiger partial charge on any atom is 0.241 e. The monoisotopic (exact) mass is 741 g/mol. The number of rotatable bonds is 4. The Kier molecular flexibility index (Phi) is 6.32. The van der Waals surface area contributed by atoms with Crippen LogP contribution in [0.1, 0.15) is 0 Å². The zero-order valence-corrected chi connectivity index (χ0v) is 31.0. The van der Waals surface area contributed by atoms with Gasteiger partial charge in [-0.3, -0.25) is 13.7 Å². The molecular formula is C51H31N7. The number of fused-ring (bicyclic) bond motifs is 12. The molecular weight excluding hydrogens is 711 g/mol. The lowest BCUT2D eigenvalue weighted by Gasteiger charge is -2.14. The average molecular weight is 742 g/mol. The quantitative estimate of drug-likeness (QED) is 0.180. The zero-order valence-electron chi connectivity index (χ0n) is 31.0. The van der Waals surface area contributed by atoms with Crippen molar-refractivity contribution in [2.75, 3.05) is 0 Å². The summed E-state index contributed by atoms with van der Waals surface area (Å²) in [4.78, 5) is 16.2. The number of aromatic nitrogens is 7. The van der Waals surface area contributed by atoms with Gasteiger partial charge in [-0.15, -0.1) is 0 Å². The van der Waals surface area contributed by atoms with E-state index >= 15 is 0 Å². The molecule has 0 spiro atoms. The van der Waals surface area contributed by atoms with Crippen molar-refractivity contribution in [2.24, 2.45) is 0 Å². The van der Waals surface area contributed by atoms with E-state index in [0.29, 0.717) is 17.8 Å². The molecule has 0 N–H and O–H groups in total. The van der Waals surface area contributed by atoms with Crippen LogP contribution in [-0.4, -0.2) is 33.2 Å². The predicted octanol–water partition coefficient (Wildman–Crippen LogP) is 12.3. The fraction of sp³-hybridized carbons (Fsp3) is 0. The summed E-state index contributed by atoms with van der Waals surface area (Å²) in [5, 5.41) is 9.30. The highest BCUT2D eigenvalue weighted by atomic mass is 15.3. The molecule has 270 valence electrons. The molecule has 0 atom stereocenters. The van der Waals surface area contributed by atoms with Gasteiger partial charge in [-0.1, -0.05) is 127 Å². The molecule has 58 heavy (non-hydrogen) atoms. The lowest BCUT2D eigenvalue weighted by molar-refractivity contribution is 0.848. The Morgan fingerprint density at radius 1 is 0.224 bits per heavy atom. The first kappa shape index (κ1) is 31.2. The first-order chi connectivity index (χ1) is 28.8. The third-order valence-electron chi connectivity index (χ3n) is 11.9. The topological polar surface area (TPSA) is 58.4 Å². The summed E-state index contributed by atoms with van der Waals surface area (Å²) < 4.78 is 8.94. The van der Waals surface area contributed by atoms with E-state index in [0.717, 1.165) is 71.1 Å². The molecule has 5 aromatic heterocycles. The predicted molar refractivity (Wildman–Crippen MR) is 237 cm³/mol. The molecule has 0 aliphatic carbocycles. The van der Waals surface area contributed by atoms with E-state index in [1.54, 1.807) is 0 Å². The minimum Gasteiger partial charge on any atom is -0.309 e. The number of hydrogen-bond donors (Lipinski definition) is 0. The molecule has 13 rings (SSSR count). The number of hydrogen-bond acceptors (Lipinski definition) is 3. The van der Waals surface area contributed by atoms with Crippen molar-refractivity contribution in [3.63, 3.8) is 0 Å². The second kappa shape index (κ2) is 11.7. The van der Waals surface area contributed by atoms with Crippen LogP contribution in [0.4, 0.5) is 0 Å². The van der Waals surface area contributed by atoms with Crippen molar-refractivity contribution in [3.05, 3.63) is 188 Å². The van der Waals surface area contributed by atoms with Crippen molar-refractivity contribution in [1.29, 1.82) is 0 Å². The first-order valence-electron chi connectivity index (χ1n) is 19.6. The highest BCUT2D eigenvalue weighted by Crippen LogP contribution is 2.38. The van der Waals surface area contributed by atoms with Gasteiger partial charge in [0.1, 0.15) is 0 Å². The van der Waals surface area contributed by atoms with Crippen LogP contribution >= 0.6 is 0 Å². The van der Waals surface area contributed by atoms with Crippen molar-refractivity contribution >= 4 is 87.2 Å². The smallest absolute Gasteiger partial charge is 0.241 e. The molecule has 0 saturated carbocycles. The molecule has 8 aromatic carbocycles. The summed E-state index contributed by atoms with van der Waals surface area (Å²) >= 11 is 0. The van der Waals surface area contributed by atoms with E-state index < -0.39 is 0 Å². The molecule has 0 fully saturated rings. The largest absolute Gasteiger partial charge is 0.309 e. The summed E-state index contributed by atoms with van der Waals surface area (Å²) in [5.41, 5.74) is 9.62. The number of nitrogens with zero attached hydrogens (tertiary/aromatic N) is 7. The molecule has 0 unspecified atom stereocenters. The number of para-hydroxylation sites is 7. The molecule has 5 heterocycles. The van der Waals surface area contributed by atoms with Gasteiger partial charge in [-0.25, -0.2) is 0 Å². The van der Waals surface area contributed by atoms with E-state index in [4.69, 9.17) is 15.0 Å². The molecule has 0 aliphatic heterocycles. The minimum atomic E-state index is 0.541. The molecule has 0 saturated heterocycles. The van der Waals surface area contributed by atoms with Gasteiger partial charge in [0.25, 0.3) is 0 Å². The Balaban J connectivity index is 1.13. The van der Waals surface area contributed by atoms with Crippen LogP contribution in [0.5, 0.6) is 0 Å². The second-order valence-corrected chi connectivity index (χ2v) is 14.9. The zero-order chi connectivity index (χ0) is 37.9. The Hall–Kier alpha value is -8.03. The van der Waals surface area contributed by atoms with Gasteiger partial charge >= 0.3 is 0 Å². The van der Waals surface area contributed by atoms with Crippen LogP contribution in [0.15, 0.2) is 188 Å². The maximum absolute atomic E-state index is 5.43. The molecule has 0 radical (unpaired) electrons. The van der Waals surface area contributed by atoms with Crippen molar-refractivity contribution in [1.82, 2.24) is 33.2 Å². The van der Waals surface area contributed by atoms with E-state index in [2.05, 4.69) is 206 Å². The van der Waals surface area contributed by atoms with Crippen molar-refractivity contribution < 1.29 is 0 Å². The fourth-order valence-electron chi connectivity index (χ4n) is 9.44. The van der Waals surface area contributed by atoms with E-state index in [-0.39, 0.29) is 0 Å². The molecule has 0 amide bonds. The van der Waals surface area contributed by atoms with Gasteiger partial charge in [0.15, 0.2) is 0 Å². The van der Waals surface area contributed by atoms with Crippen LogP contribution in [-0.2, 0) is 0 Å². The third-order valence-corrected chi connectivity index (χ3v) is 11.9. The van der Waals surface area contributed by atoms with Crippen LogP contribution in [0.3, 0.4) is 0 Å². The minimum absolute atomic E-state index is 0.541. The first-order valence-corrected chi connectivity index (χ1v) is 19.6. The number of benzene rings is 8. The van der Waals surface area contributed by atoms with Crippen LogP contribution in [0, 0.1) is 0 Å². The van der Waals surface area contributed by atoms with Gasteiger partial charge in [-0.05, 0) is 60.7 Å². The lowest BCUT2D eigenvalue weighted by atomic mass is 10.1. The standard InChI is InChI=1S/C51H31N7/c1-8-22-41-33(15-1)34-16-2-9-23-42(34)55(41)32-29-30-48-40(31-32)39-21-7-14-28-47(39)58(48)51-53-49(56-43-24-10-3-17-35(43)36-18-4-11-25-44(36)56)52-50(54-51)57-45-26-12-5-19-37(45)38-20-6-13-27-46(38)57/h1-31H. The van der Waals surface area contributed by atoms with Gasteiger partial charge < -0.3 is 4.57 Å². The van der Waals surface area contributed by atoms with E-state index in [1.165, 1.54) is 21.8 Å². The normalized spacial score (nSPS) is 12.1. The van der Waals surface area contributed by atoms with Crippen LogP contribution < -0.4 is 0 Å². The molecule has 13 aromatic rings. The fourth-order valence-corrected chi connectivity index (χ4v) is 9.44. The summed E-state index contributed by atoms with van der Waals surface area (Å²) in [5.74, 6) is 1.64. The van der Waals surface area contributed by atoms with Gasteiger partial charge in [0, 0.05) is 48.8 Å². The summed E-state index contributed by atoms with van der Waals surface area (Å²) in [6.45, 7) is 0. The summed E-state index contributed by atoms with van der Waals surface area (Å²) in [6.07, 6.45) is 0. The Labute approximate surface area is 330 Å². The Bertz CT molecular complexity index is 3530.